The van der Waals surface area contributed by atoms with E-state index in [1.54, 1.807) is 6.07 Å². The van der Waals surface area contributed by atoms with Crippen LogP contribution in [0.5, 0.6) is 5.75 Å². The van der Waals surface area contributed by atoms with Gasteiger partial charge in [-0.3, -0.25) is 4.79 Å². The third-order valence-corrected chi connectivity index (χ3v) is 7.38. The Hall–Kier alpha value is -1.35. The van der Waals surface area contributed by atoms with Gasteiger partial charge in [0, 0.05) is 32.2 Å². The summed E-state index contributed by atoms with van der Waals surface area (Å²) in [6.45, 7) is 4.20. The zero-order valence-corrected chi connectivity index (χ0v) is 17.6. The topological polar surface area (TPSA) is 84.9 Å². The van der Waals surface area contributed by atoms with Crippen LogP contribution in [0.1, 0.15) is 32.6 Å². The molecule has 0 bridgehead atoms. The van der Waals surface area contributed by atoms with Crippen LogP contribution in [0.2, 0.25) is 5.02 Å². The van der Waals surface area contributed by atoms with Crippen LogP contribution in [0, 0.1) is 5.92 Å². The maximum Gasteiger partial charge on any atom is 0.243 e. The van der Waals surface area contributed by atoms with E-state index in [0.29, 0.717) is 44.8 Å². The molecule has 2 aliphatic heterocycles. The first kappa shape index (κ1) is 21.4. The smallest absolute Gasteiger partial charge is 0.243 e. The standard InChI is InChI=1S/C19H27ClN2O5S/c1-2-26-18-6-5-16(12-17(18)20)28(24,25)22-9-7-14(8-10-22)19(23)21-13-15-4-3-11-27-15/h5-6,12,14-15H,2-4,7-11,13H2,1H3,(H,21,23)/t15-/m0/s1. The van der Waals surface area contributed by atoms with E-state index in [2.05, 4.69) is 5.32 Å². The highest BCUT2D eigenvalue weighted by Gasteiger charge is 2.32. The van der Waals surface area contributed by atoms with Gasteiger partial charge in [-0.2, -0.15) is 4.31 Å². The second-order valence-corrected chi connectivity index (χ2v) is 9.43. The number of carbonyl (C=O) groups is 1. The molecule has 1 N–H and O–H groups in total. The lowest BCUT2D eigenvalue weighted by Crippen LogP contribution is -2.44. The van der Waals surface area contributed by atoms with Gasteiger partial charge in [0.05, 0.1) is 22.6 Å². The van der Waals surface area contributed by atoms with Crippen molar-refractivity contribution in [1.29, 1.82) is 0 Å². The van der Waals surface area contributed by atoms with Crippen LogP contribution in [-0.2, 0) is 19.6 Å². The fourth-order valence-electron chi connectivity index (χ4n) is 3.59. The van der Waals surface area contributed by atoms with Crippen LogP contribution in [0.15, 0.2) is 23.1 Å². The largest absolute Gasteiger partial charge is 0.492 e. The fraction of sp³-hybridized carbons (Fsp3) is 0.632. The van der Waals surface area contributed by atoms with Crippen molar-refractivity contribution in [3.05, 3.63) is 23.2 Å². The Morgan fingerprint density at radius 2 is 2.07 bits per heavy atom. The minimum absolute atomic E-state index is 0.0170. The third kappa shape index (κ3) is 4.97. The van der Waals surface area contributed by atoms with Gasteiger partial charge >= 0.3 is 0 Å². The van der Waals surface area contributed by atoms with Gasteiger partial charge < -0.3 is 14.8 Å². The average molecular weight is 431 g/mol. The number of benzene rings is 1. The number of hydrogen-bond donors (Lipinski definition) is 1. The molecule has 1 atom stereocenters. The first-order chi connectivity index (χ1) is 13.4. The monoisotopic (exact) mass is 430 g/mol. The highest BCUT2D eigenvalue weighted by Crippen LogP contribution is 2.30. The Morgan fingerprint density at radius 1 is 1.32 bits per heavy atom. The molecule has 1 aromatic rings. The van der Waals surface area contributed by atoms with Gasteiger partial charge in [0.2, 0.25) is 15.9 Å². The highest BCUT2D eigenvalue weighted by atomic mass is 35.5. The van der Waals surface area contributed by atoms with E-state index in [0.717, 1.165) is 19.4 Å². The number of carbonyl (C=O) groups excluding carboxylic acids is 1. The molecular weight excluding hydrogens is 404 g/mol. The maximum atomic E-state index is 12.9. The van der Waals surface area contributed by atoms with Gasteiger partial charge in [-0.05, 0) is 50.8 Å². The highest BCUT2D eigenvalue weighted by molar-refractivity contribution is 7.89. The summed E-state index contributed by atoms with van der Waals surface area (Å²) >= 11 is 6.14. The Labute approximate surface area is 171 Å². The average Bonchev–Trinajstić information content (AvgIpc) is 3.21. The van der Waals surface area contributed by atoms with Crippen molar-refractivity contribution in [2.45, 2.75) is 43.6 Å². The van der Waals surface area contributed by atoms with Gasteiger partial charge in [-0.25, -0.2) is 8.42 Å². The molecule has 28 heavy (non-hydrogen) atoms. The van der Waals surface area contributed by atoms with E-state index >= 15 is 0 Å². The van der Waals surface area contributed by atoms with E-state index in [1.807, 2.05) is 6.92 Å². The van der Waals surface area contributed by atoms with Crippen molar-refractivity contribution >= 4 is 27.5 Å². The number of nitrogens with zero attached hydrogens (tertiary/aromatic N) is 1. The van der Waals surface area contributed by atoms with Crippen LogP contribution in [0.25, 0.3) is 0 Å². The summed E-state index contributed by atoms with van der Waals surface area (Å²) in [5, 5.41) is 3.21. The molecule has 0 aromatic heterocycles. The summed E-state index contributed by atoms with van der Waals surface area (Å²) in [5.41, 5.74) is 0. The number of ether oxygens (including phenoxy) is 2. The lowest BCUT2D eigenvalue weighted by atomic mass is 9.97. The number of rotatable bonds is 7. The van der Waals surface area contributed by atoms with Crippen LogP contribution in [-0.4, -0.2) is 57.6 Å². The molecule has 0 saturated carbocycles. The number of sulfonamides is 1. The summed E-state index contributed by atoms with van der Waals surface area (Å²) in [6, 6.07) is 4.50. The molecule has 9 heteroatoms. The molecule has 3 rings (SSSR count). The second-order valence-electron chi connectivity index (χ2n) is 7.08. The van der Waals surface area contributed by atoms with Crippen LogP contribution >= 0.6 is 11.6 Å². The Morgan fingerprint density at radius 3 is 2.68 bits per heavy atom. The fourth-order valence-corrected chi connectivity index (χ4v) is 5.38. The molecule has 1 aromatic carbocycles. The number of piperidine rings is 1. The summed E-state index contributed by atoms with van der Waals surface area (Å²) in [5.74, 6) is 0.276. The van der Waals surface area contributed by atoms with E-state index in [9.17, 15) is 13.2 Å². The molecule has 0 aliphatic carbocycles. The Balaban J connectivity index is 1.55. The third-order valence-electron chi connectivity index (χ3n) is 5.19. The van der Waals surface area contributed by atoms with Gasteiger partial charge in [-0.1, -0.05) is 11.6 Å². The van der Waals surface area contributed by atoms with Gasteiger partial charge in [-0.15, -0.1) is 0 Å². The molecule has 156 valence electrons. The zero-order valence-electron chi connectivity index (χ0n) is 16.0. The summed E-state index contributed by atoms with van der Waals surface area (Å²) < 4.78 is 38.1. The van der Waals surface area contributed by atoms with E-state index in [-0.39, 0.29) is 27.8 Å². The normalized spacial score (nSPS) is 21.6. The first-order valence-corrected chi connectivity index (χ1v) is 11.6. The summed E-state index contributed by atoms with van der Waals surface area (Å²) in [6.07, 6.45) is 3.12. The van der Waals surface area contributed by atoms with E-state index in [4.69, 9.17) is 21.1 Å². The summed E-state index contributed by atoms with van der Waals surface area (Å²) in [7, 11) is -3.65. The number of nitrogens with one attached hydrogen (secondary N) is 1. The predicted octanol–water partition coefficient (Wildman–Crippen LogP) is 2.43. The van der Waals surface area contributed by atoms with Gasteiger partial charge in [0.15, 0.2) is 0 Å². The van der Waals surface area contributed by atoms with Crippen molar-refractivity contribution in [3.63, 3.8) is 0 Å². The quantitative estimate of drug-likeness (QED) is 0.718. The van der Waals surface area contributed by atoms with Crippen molar-refractivity contribution in [3.8, 4) is 5.75 Å². The molecular formula is C19H27ClN2O5S. The maximum absolute atomic E-state index is 12.9. The number of halogens is 1. The lowest BCUT2D eigenvalue weighted by molar-refractivity contribution is -0.126. The van der Waals surface area contributed by atoms with Crippen molar-refractivity contribution in [2.75, 3.05) is 32.8 Å². The van der Waals surface area contributed by atoms with Crippen molar-refractivity contribution < 1.29 is 22.7 Å². The van der Waals surface area contributed by atoms with E-state index in [1.165, 1.54) is 16.4 Å². The van der Waals surface area contributed by atoms with Crippen molar-refractivity contribution in [1.82, 2.24) is 9.62 Å². The predicted molar refractivity (Wildman–Crippen MR) is 106 cm³/mol. The molecule has 7 nitrogen and oxygen atoms in total. The van der Waals surface area contributed by atoms with Gasteiger partial charge in [0.25, 0.3) is 0 Å². The molecule has 2 saturated heterocycles. The molecule has 0 radical (unpaired) electrons. The van der Waals surface area contributed by atoms with Crippen molar-refractivity contribution in [2.24, 2.45) is 5.92 Å². The Kier molecular flexibility index (Phi) is 7.20. The molecule has 0 spiro atoms. The first-order valence-electron chi connectivity index (χ1n) is 9.73. The van der Waals surface area contributed by atoms with Gasteiger partial charge in [0.1, 0.15) is 5.75 Å². The molecule has 1 amide bonds. The SMILES string of the molecule is CCOc1ccc(S(=O)(=O)N2CCC(C(=O)NC[C@@H]3CCCO3)CC2)cc1Cl. The van der Waals surface area contributed by atoms with E-state index < -0.39 is 10.0 Å². The minimum Gasteiger partial charge on any atom is -0.492 e. The molecule has 2 fully saturated rings. The second kappa shape index (κ2) is 9.43. The van der Waals surface area contributed by atoms with Crippen LogP contribution in [0.4, 0.5) is 0 Å². The molecule has 0 unspecified atom stereocenters. The molecule has 2 aliphatic rings. The molecule has 2 heterocycles. The minimum atomic E-state index is -3.65. The van der Waals surface area contributed by atoms with Crippen LogP contribution < -0.4 is 10.1 Å². The Bertz CT molecular complexity index is 788. The number of amides is 1. The number of hydrogen-bond acceptors (Lipinski definition) is 5. The van der Waals surface area contributed by atoms with Crippen LogP contribution in [0.3, 0.4) is 0 Å². The lowest BCUT2D eigenvalue weighted by Gasteiger charge is -2.30. The summed E-state index contributed by atoms with van der Waals surface area (Å²) in [4.78, 5) is 12.5. The zero-order chi connectivity index (χ0) is 20.1.